The normalized spacial score (nSPS) is 20.5. The zero-order valence-electron chi connectivity index (χ0n) is 18.6. The molecule has 0 saturated heterocycles. The number of halogens is 1. The van der Waals surface area contributed by atoms with E-state index in [1.54, 1.807) is 7.05 Å². The van der Waals surface area contributed by atoms with Crippen LogP contribution in [0.1, 0.15) is 38.7 Å². The highest BCUT2D eigenvalue weighted by atomic mass is 35.5. The van der Waals surface area contributed by atoms with Gasteiger partial charge in [0, 0.05) is 31.1 Å². The van der Waals surface area contributed by atoms with Gasteiger partial charge in [-0.25, -0.2) is 4.99 Å². The van der Waals surface area contributed by atoms with Crippen LogP contribution in [0.5, 0.6) is 0 Å². The summed E-state index contributed by atoms with van der Waals surface area (Å²) in [6.07, 6.45) is 2.74. The second kappa shape index (κ2) is 13.5. The van der Waals surface area contributed by atoms with Crippen molar-refractivity contribution in [2.45, 2.75) is 45.6 Å². The fourth-order valence-electron chi connectivity index (χ4n) is 3.45. The highest BCUT2D eigenvalue weighted by molar-refractivity contribution is 6.30. The number of carbonyl (C=O) groups is 1. The minimum atomic E-state index is -0.440. The van der Waals surface area contributed by atoms with Gasteiger partial charge in [-0.2, -0.15) is 0 Å². The van der Waals surface area contributed by atoms with E-state index in [0.717, 1.165) is 18.4 Å². The Bertz CT molecular complexity index is 750. The topological polar surface area (TPSA) is 92.5 Å². The Morgan fingerprint density at radius 1 is 1.29 bits per heavy atom. The number of aliphatic hydroxyl groups excluding tert-OH is 1. The SMILES string of the molecule is CN=C1N=C(OCCOC(C)C)C(Cc2ccc(Cl)cc2)CCC1C(=O)NCCCO. The zero-order chi connectivity index (χ0) is 22.6. The predicted octanol–water partition coefficient (Wildman–Crippen LogP) is 3.28. The van der Waals surface area contributed by atoms with Crippen molar-refractivity contribution in [3.8, 4) is 0 Å². The van der Waals surface area contributed by atoms with Crippen LogP contribution in [-0.4, -0.2) is 62.3 Å². The fraction of sp³-hybridized carbons (Fsp3) is 0.609. The number of hydrogen-bond donors (Lipinski definition) is 2. The lowest BCUT2D eigenvalue weighted by atomic mass is 9.91. The van der Waals surface area contributed by atoms with Crippen LogP contribution in [0.3, 0.4) is 0 Å². The summed E-state index contributed by atoms with van der Waals surface area (Å²) < 4.78 is 11.6. The maximum atomic E-state index is 12.7. The van der Waals surface area contributed by atoms with Crippen molar-refractivity contribution in [3.63, 3.8) is 0 Å². The van der Waals surface area contributed by atoms with E-state index >= 15 is 0 Å². The molecular weight excluding hydrogens is 418 g/mol. The molecule has 0 radical (unpaired) electrons. The van der Waals surface area contributed by atoms with Gasteiger partial charge < -0.3 is 19.9 Å². The number of nitrogens with one attached hydrogen (secondary N) is 1. The number of rotatable bonds is 10. The average Bonchev–Trinajstić information content (AvgIpc) is 2.92. The predicted molar refractivity (Wildman–Crippen MR) is 124 cm³/mol. The van der Waals surface area contributed by atoms with Crippen LogP contribution >= 0.6 is 11.6 Å². The molecule has 0 aliphatic carbocycles. The van der Waals surface area contributed by atoms with E-state index in [-0.39, 0.29) is 24.5 Å². The number of aliphatic imine (C=N–C) groups is 2. The van der Waals surface area contributed by atoms with E-state index in [1.165, 1.54) is 0 Å². The second-order valence-corrected chi connectivity index (χ2v) is 8.26. The number of nitrogens with zero attached hydrogens (tertiary/aromatic N) is 2. The third kappa shape index (κ3) is 8.59. The Labute approximate surface area is 189 Å². The quantitative estimate of drug-likeness (QED) is 0.534. The minimum Gasteiger partial charge on any atom is -0.478 e. The average molecular weight is 452 g/mol. The summed E-state index contributed by atoms with van der Waals surface area (Å²) in [5.41, 5.74) is 1.13. The first-order valence-electron chi connectivity index (χ1n) is 10.9. The van der Waals surface area contributed by atoms with Crippen molar-refractivity contribution in [2.75, 3.05) is 33.4 Å². The molecule has 8 heteroatoms. The second-order valence-electron chi connectivity index (χ2n) is 7.83. The van der Waals surface area contributed by atoms with Gasteiger partial charge >= 0.3 is 0 Å². The lowest BCUT2D eigenvalue weighted by Crippen LogP contribution is -2.35. The Kier molecular flexibility index (Phi) is 11.0. The van der Waals surface area contributed by atoms with Crippen LogP contribution in [0, 0.1) is 11.8 Å². The molecule has 1 heterocycles. The molecule has 0 spiro atoms. The largest absolute Gasteiger partial charge is 0.478 e. The Morgan fingerprint density at radius 3 is 2.68 bits per heavy atom. The maximum Gasteiger partial charge on any atom is 0.230 e. The van der Waals surface area contributed by atoms with Crippen LogP contribution < -0.4 is 5.32 Å². The number of benzene rings is 1. The lowest BCUT2D eigenvalue weighted by Gasteiger charge is -2.19. The molecule has 31 heavy (non-hydrogen) atoms. The molecule has 2 unspecified atom stereocenters. The van der Waals surface area contributed by atoms with Crippen LogP contribution in [0.4, 0.5) is 0 Å². The molecule has 2 atom stereocenters. The standard InChI is InChI=1S/C23H34ClN3O4/c1-16(2)30-13-14-31-23-18(15-17-5-8-19(24)9-6-17)7-10-20(21(25-3)27-23)22(29)26-11-4-12-28/h5-6,8-9,16,18,20,28H,4,7,10-15H2,1-3H3,(H,26,29). The van der Waals surface area contributed by atoms with Crippen LogP contribution in [-0.2, 0) is 20.7 Å². The molecule has 172 valence electrons. The van der Waals surface area contributed by atoms with Crippen molar-refractivity contribution in [3.05, 3.63) is 34.9 Å². The van der Waals surface area contributed by atoms with Crippen molar-refractivity contribution < 1.29 is 19.4 Å². The highest BCUT2D eigenvalue weighted by Crippen LogP contribution is 2.26. The first-order valence-corrected chi connectivity index (χ1v) is 11.2. The summed E-state index contributed by atoms with van der Waals surface area (Å²) in [4.78, 5) is 21.7. The summed E-state index contributed by atoms with van der Waals surface area (Å²) in [5, 5.41) is 12.5. The van der Waals surface area contributed by atoms with Crippen molar-refractivity contribution in [2.24, 2.45) is 21.8 Å². The van der Waals surface area contributed by atoms with Gasteiger partial charge in [0.25, 0.3) is 0 Å². The van der Waals surface area contributed by atoms with Gasteiger partial charge in [-0.1, -0.05) is 23.7 Å². The van der Waals surface area contributed by atoms with E-state index in [4.69, 9.17) is 26.2 Å². The number of amidine groups is 1. The van der Waals surface area contributed by atoms with Crippen molar-refractivity contribution >= 4 is 29.2 Å². The summed E-state index contributed by atoms with van der Waals surface area (Å²) >= 11 is 6.03. The maximum absolute atomic E-state index is 12.7. The van der Waals surface area contributed by atoms with Gasteiger partial charge in [-0.3, -0.25) is 9.79 Å². The number of hydrogen-bond acceptors (Lipinski definition) is 5. The van der Waals surface area contributed by atoms with Gasteiger partial charge in [0.1, 0.15) is 12.4 Å². The smallest absolute Gasteiger partial charge is 0.230 e. The van der Waals surface area contributed by atoms with Crippen LogP contribution in [0.25, 0.3) is 0 Å². The summed E-state index contributed by atoms with van der Waals surface area (Å²) in [7, 11) is 1.64. The molecule has 1 aliphatic rings. The lowest BCUT2D eigenvalue weighted by molar-refractivity contribution is -0.123. The Balaban J connectivity index is 2.18. The molecule has 0 aromatic heterocycles. The molecule has 7 nitrogen and oxygen atoms in total. The van der Waals surface area contributed by atoms with Gasteiger partial charge in [-0.15, -0.1) is 0 Å². The monoisotopic (exact) mass is 451 g/mol. The molecule has 1 aromatic rings. The molecule has 1 amide bonds. The molecule has 1 aliphatic heterocycles. The van der Waals surface area contributed by atoms with E-state index in [0.29, 0.717) is 49.4 Å². The van der Waals surface area contributed by atoms with Crippen molar-refractivity contribution in [1.29, 1.82) is 0 Å². The summed E-state index contributed by atoms with van der Waals surface area (Å²) in [6.45, 7) is 5.28. The molecule has 0 bridgehead atoms. The Hall–Kier alpha value is -1.96. The van der Waals surface area contributed by atoms with Gasteiger partial charge in [-0.05, 0) is 57.2 Å². The van der Waals surface area contributed by atoms with E-state index in [9.17, 15) is 4.79 Å². The number of carbonyl (C=O) groups excluding carboxylic acids is 1. The highest BCUT2D eigenvalue weighted by Gasteiger charge is 2.32. The van der Waals surface area contributed by atoms with Gasteiger partial charge in [0.15, 0.2) is 5.90 Å². The molecule has 2 rings (SSSR count). The fourth-order valence-corrected chi connectivity index (χ4v) is 3.57. The third-order valence-corrected chi connectivity index (χ3v) is 5.30. The Morgan fingerprint density at radius 2 is 2.03 bits per heavy atom. The summed E-state index contributed by atoms with van der Waals surface area (Å²) in [6, 6.07) is 7.75. The van der Waals surface area contributed by atoms with E-state index < -0.39 is 5.92 Å². The summed E-state index contributed by atoms with van der Waals surface area (Å²) in [5.74, 6) is 0.525. The molecule has 0 saturated carbocycles. The van der Waals surface area contributed by atoms with E-state index in [1.807, 2.05) is 38.1 Å². The molecular formula is C23H34ClN3O4. The van der Waals surface area contributed by atoms with E-state index in [2.05, 4.69) is 15.3 Å². The van der Waals surface area contributed by atoms with Crippen LogP contribution in [0.15, 0.2) is 34.3 Å². The molecule has 1 aromatic carbocycles. The molecule has 2 N–H and O–H groups in total. The number of amides is 1. The first-order chi connectivity index (χ1) is 14.9. The number of aliphatic hydroxyl groups is 1. The minimum absolute atomic E-state index is 0.0206. The van der Waals surface area contributed by atoms with Gasteiger partial charge in [0.05, 0.1) is 18.6 Å². The van der Waals surface area contributed by atoms with Gasteiger partial charge in [0.2, 0.25) is 5.91 Å². The third-order valence-electron chi connectivity index (χ3n) is 5.05. The van der Waals surface area contributed by atoms with Crippen molar-refractivity contribution in [1.82, 2.24) is 5.32 Å². The zero-order valence-corrected chi connectivity index (χ0v) is 19.4. The van der Waals surface area contributed by atoms with Crippen LogP contribution in [0.2, 0.25) is 5.02 Å². The molecule has 0 fully saturated rings. The first kappa shape index (κ1) is 25.3. The number of ether oxygens (including phenoxy) is 2.